The molecule has 14 nitrogen and oxygen atoms in total. The molecule has 1 aliphatic rings. The van der Waals surface area contributed by atoms with Gasteiger partial charge in [0, 0.05) is 33.5 Å². The lowest BCUT2D eigenvalue weighted by atomic mass is 9.82. The molecule has 38 heavy (non-hydrogen) atoms. The fraction of sp³-hybridized carbons (Fsp3) is 0.250. The Morgan fingerprint density at radius 2 is 1.42 bits per heavy atom. The Bertz CT molecular complexity index is 1290. The lowest BCUT2D eigenvalue weighted by Crippen LogP contribution is -2.76. The molecule has 1 heterocycles. The minimum Gasteiger partial charge on any atom is -0.465 e. The van der Waals surface area contributed by atoms with Crippen molar-refractivity contribution in [3.8, 4) is 17.2 Å². The average molecular weight is 528 g/mol. The van der Waals surface area contributed by atoms with Crippen LogP contribution in [0.2, 0.25) is 0 Å². The van der Waals surface area contributed by atoms with Gasteiger partial charge < -0.3 is 30.4 Å². The Kier molecular flexibility index (Phi) is 7.67. The number of para-hydroxylation sites is 1. The SMILES string of the molecule is CC(=O)Oc1cc(C2(NC(=O)O)C(=O)N(C)C(=O)N(c3ccccc3)C2N)cc(OC(C)=O)c1OC(C)=O. The van der Waals surface area contributed by atoms with Crippen LogP contribution >= 0.6 is 0 Å². The van der Waals surface area contributed by atoms with Crippen molar-refractivity contribution < 1.29 is 48.1 Å². The van der Waals surface area contributed by atoms with E-state index in [-0.39, 0.29) is 11.3 Å². The number of rotatable bonds is 6. The van der Waals surface area contributed by atoms with Crippen LogP contribution in [-0.2, 0) is 24.7 Å². The third-order valence-electron chi connectivity index (χ3n) is 5.42. The highest BCUT2D eigenvalue weighted by atomic mass is 16.6. The normalized spacial score (nSPS) is 19.0. The summed E-state index contributed by atoms with van der Waals surface area (Å²) in [6, 6.07) is 9.10. The van der Waals surface area contributed by atoms with Crippen molar-refractivity contribution in [3.63, 3.8) is 0 Å². The van der Waals surface area contributed by atoms with Gasteiger partial charge in [-0.3, -0.25) is 29.0 Å². The Hall–Kier alpha value is -4.98. The minimum atomic E-state index is -2.43. The van der Waals surface area contributed by atoms with Gasteiger partial charge in [-0.05, 0) is 29.8 Å². The first-order valence-corrected chi connectivity index (χ1v) is 11.0. The van der Waals surface area contributed by atoms with Gasteiger partial charge in [-0.1, -0.05) is 18.2 Å². The van der Waals surface area contributed by atoms with Crippen LogP contribution in [0, 0.1) is 0 Å². The summed E-state index contributed by atoms with van der Waals surface area (Å²) in [6.07, 6.45) is -3.40. The predicted octanol–water partition coefficient (Wildman–Crippen LogP) is 1.31. The standard InChI is InChI=1S/C24H24N4O10/c1-12(29)36-17-10-15(11-18(37-13(2)30)19(17)38-14(3)31)24(26-22(33)34)20(25)28(16-8-6-5-7-9-16)23(35)27(4)21(24)32/h5-11,20,26H,25H2,1-4H3,(H,33,34). The number of benzene rings is 2. The number of nitrogens with one attached hydrogen (secondary N) is 1. The van der Waals surface area contributed by atoms with Crippen LogP contribution in [0.15, 0.2) is 42.5 Å². The van der Waals surface area contributed by atoms with E-state index in [2.05, 4.69) is 5.32 Å². The molecule has 0 spiro atoms. The molecule has 2 unspecified atom stereocenters. The monoisotopic (exact) mass is 528 g/mol. The molecule has 0 aromatic heterocycles. The summed E-state index contributed by atoms with van der Waals surface area (Å²) in [5.74, 6) is -5.20. The summed E-state index contributed by atoms with van der Waals surface area (Å²) in [6.45, 7) is 3.10. The molecule has 0 radical (unpaired) electrons. The Labute approximate surface area is 215 Å². The van der Waals surface area contributed by atoms with Crippen LogP contribution in [0.1, 0.15) is 26.3 Å². The highest BCUT2D eigenvalue weighted by Crippen LogP contribution is 2.45. The maximum atomic E-state index is 13.7. The summed E-state index contributed by atoms with van der Waals surface area (Å²) in [5.41, 5.74) is 3.98. The number of anilines is 1. The van der Waals surface area contributed by atoms with Gasteiger partial charge in [0.05, 0.1) is 0 Å². The van der Waals surface area contributed by atoms with Crippen LogP contribution in [0.4, 0.5) is 15.3 Å². The van der Waals surface area contributed by atoms with E-state index in [1.807, 2.05) is 0 Å². The van der Waals surface area contributed by atoms with Gasteiger partial charge in [0.15, 0.2) is 17.0 Å². The van der Waals surface area contributed by atoms with Gasteiger partial charge in [-0.15, -0.1) is 0 Å². The number of carboxylic acid groups (broad SMARTS) is 1. The number of likely N-dealkylation sites (N-methyl/N-ethyl adjacent to an activating group) is 1. The summed E-state index contributed by atoms with van der Waals surface area (Å²) in [5, 5.41) is 11.9. The maximum absolute atomic E-state index is 13.7. The van der Waals surface area contributed by atoms with E-state index in [4.69, 9.17) is 19.9 Å². The molecule has 0 aliphatic carbocycles. The van der Waals surface area contributed by atoms with Gasteiger partial charge in [0.25, 0.3) is 5.91 Å². The van der Waals surface area contributed by atoms with Crippen LogP contribution in [-0.4, -0.2) is 59.2 Å². The molecule has 0 saturated carbocycles. The number of esters is 3. The van der Waals surface area contributed by atoms with E-state index in [1.54, 1.807) is 18.2 Å². The van der Waals surface area contributed by atoms with Crippen molar-refractivity contribution in [1.82, 2.24) is 10.2 Å². The molecule has 3 rings (SSSR count). The molecule has 4 amide bonds. The lowest BCUT2D eigenvalue weighted by molar-refractivity contribution is -0.137. The van der Waals surface area contributed by atoms with Crippen molar-refractivity contribution in [2.75, 3.05) is 11.9 Å². The number of urea groups is 1. The fourth-order valence-electron chi connectivity index (χ4n) is 3.98. The summed E-state index contributed by atoms with van der Waals surface area (Å²) in [7, 11) is 1.12. The van der Waals surface area contributed by atoms with E-state index in [0.717, 1.165) is 44.9 Å². The molecule has 1 saturated heterocycles. The van der Waals surface area contributed by atoms with Crippen LogP contribution in [0.25, 0.3) is 0 Å². The minimum absolute atomic E-state index is 0.234. The molecule has 1 fully saturated rings. The van der Waals surface area contributed by atoms with Crippen LogP contribution in [0.5, 0.6) is 17.2 Å². The Balaban J connectivity index is 2.40. The molecular weight excluding hydrogens is 504 g/mol. The van der Waals surface area contributed by atoms with E-state index in [0.29, 0.717) is 4.90 Å². The number of nitrogens with zero attached hydrogens (tertiary/aromatic N) is 2. The second kappa shape index (κ2) is 10.6. The summed E-state index contributed by atoms with van der Waals surface area (Å²) < 4.78 is 15.4. The van der Waals surface area contributed by atoms with Gasteiger partial charge in [-0.2, -0.15) is 0 Å². The number of ether oxygens (including phenoxy) is 3. The predicted molar refractivity (Wildman–Crippen MR) is 128 cm³/mol. The number of carbonyl (C=O) groups excluding carboxylic acids is 5. The molecule has 200 valence electrons. The Morgan fingerprint density at radius 1 is 0.921 bits per heavy atom. The van der Waals surface area contributed by atoms with Gasteiger partial charge in [-0.25, -0.2) is 9.59 Å². The number of carbonyl (C=O) groups is 6. The fourth-order valence-corrected chi connectivity index (χ4v) is 3.98. The average Bonchev–Trinajstić information content (AvgIpc) is 2.82. The quantitative estimate of drug-likeness (QED) is 0.361. The first-order valence-electron chi connectivity index (χ1n) is 11.0. The van der Waals surface area contributed by atoms with Gasteiger partial charge in [0.2, 0.25) is 5.75 Å². The molecular formula is C24H24N4O10. The number of amides is 4. The zero-order valence-corrected chi connectivity index (χ0v) is 20.7. The van der Waals surface area contributed by atoms with Crippen LogP contribution in [0.3, 0.4) is 0 Å². The van der Waals surface area contributed by atoms with Gasteiger partial charge >= 0.3 is 30.0 Å². The second-order valence-electron chi connectivity index (χ2n) is 8.12. The smallest absolute Gasteiger partial charge is 0.405 e. The highest BCUT2D eigenvalue weighted by Gasteiger charge is 2.58. The number of hydrogen-bond acceptors (Lipinski definition) is 10. The zero-order chi connectivity index (χ0) is 28.4. The van der Waals surface area contributed by atoms with E-state index >= 15 is 0 Å². The molecule has 2 aromatic rings. The van der Waals surface area contributed by atoms with Crippen molar-refractivity contribution in [1.29, 1.82) is 0 Å². The first-order chi connectivity index (χ1) is 17.8. The largest absolute Gasteiger partial charge is 0.465 e. The molecule has 14 heteroatoms. The summed E-state index contributed by atoms with van der Waals surface area (Å²) in [4.78, 5) is 76.0. The lowest BCUT2D eigenvalue weighted by Gasteiger charge is -2.49. The van der Waals surface area contributed by atoms with Crippen molar-refractivity contribution in [2.24, 2.45) is 5.73 Å². The molecule has 4 N–H and O–H groups in total. The van der Waals surface area contributed by atoms with E-state index in [1.165, 1.54) is 12.1 Å². The zero-order valence-electron chi connectivity index (χ0n) is 20.7. The number of imide groups is 1. The maximum Gasteiger partial charge on any atom is 0.405 e. The van der Waals surface area contributed by atoms with Crippen molar-refractivity contribution in [3.05, 3.63) is 48.0 Å². The highest BCUT2D eigenvalue weighted by molar-refractivity contribution is 6.11. The topological polar surface area (TPSA) is 195 Å². The number of nitrogens with two attached hydrogens (primary N) is 1. The summed E-state index contributed by atoms with van der Waals surface area (Å²) >= 11 is 0. The third kappa shape index (κ3) is 5.10. The van der Waals surface area contributed by atoms with Crippen molar-refractivity contribution in [2.45, 2.75) is 32.5 Å². The second-order valence-corrected chi connectivity index (χ2v) is 8.12. The Morgan fingerprint density at radius 3 is 1.87 bits per heavy atom. The third-order valence-corrected chi connectivity index (χ3v) is 5.42. The van der Waals surface area contributed by atoms with Crippen LogP contribution < -0.4 is 30.2 Å². The van der Waals surface area contributed by atoms with Gasteiger partial charge in [0.1, 0.15) is 6.17 Å². The molecule has 1 aliphatic heterocycles. The van der Waals surface area contributed by atoms with E-state index < -0.39 is 64.9 Å². The van der Waals surface area contributed by atoms with Crippen molar-refractivity contribution >= 4 is 41.6 Å². The molecule has 2 aromatic carbocycles. The first kappa shape index (κ1) is 27.6. The van der Waals surface area contributed by atoms with E-state index in [9.17, 15) is 33.9 Å². The molecule has 0 bridgehead atoms. The molecule has 2 atom stereocenters. The number of hydrogen-bond donors (Lipinski definition) is 3.